The van der Waals surface area contributed by atoms with Crippen LogP contribution in [0.15, 0.2) is 47.4 Å². The van der Waals surface area contributed by atoms with Crippen molar-refractivity contribution in [1.29, 1.82) is 0 Å². The molecule has 2 aromatic carbocycles. The Bertz CT molecular complexity index is 1490. The number of H-pyrrole nitrogens is 1. The van der Waals surface area contributed by atoms with Crippen LogP contribution in [-0.4, -0.2) is 30.1 Å². The monoisotopic (exact) mass is 512 g/mol. The van der Waals surface area contributed by atoms with Gasteiger partial charge in [0.1, 0.15) is 17.3 Å². The molecule has 0 spiro atoms. The number of hydrogen-bond donors (Lipinski definition) is 3. The molecule has 3 N–H and O–H groups in total. The zero-order chi connectivity index (χ0) is 25.3. The number of carbonyl (C=O) groups excluding carboxylic acids is 1. The number of methoxy groups -OCH3 is 2. The number of hydrogen-bond acceptors (Lipinski definition) is 6. The molecule has 4 rings (SSSR count). The van der Waals surface area contributed by atoms with Crippen LogP contribution >= 0.6 is 23.2 Å². The summed E-state index contributed by atoms with van der Waals surface area (Å²) in [6, 6.07) is 10.5. The topological polar surface area (TPSA) is 105 Å². The predicted molar refractivity (Wildman–Crippen MR) is 140 cm³/mol. The Morgan fingerprint density at radius 2 is 1.74 bits per heavy atom. The number of fused-ring (bicyclic) bond motifs is 1. The Labute approximate surface area is 211 Å². The van der Waals surface area contributed by atoms with Crippen molar-refractivity contribution >= 4 is 57.1 Å². The first-order chi connectivity index (χ1) is 16.7. The van der Waals surface area contributed by atoms with E-state index in [2.05, 4.69) is 20.6 Å². The molecule has 2 heterocycles. The third-order valence-corrected chi connectivity index (χ3v) is 6.16. The molecule has 1 amide bonds. The number of pyridine rings is 2. The van der Waals surface area contributed by atoms with Crippen LogP contribution in [0.2, 0.25) is 10.0 Å². The predicted octanol–water partition coefficient (Wildman–Crippen LogP) is 5.92. The van der Waals surface area contributed by atoms with Crippen molar-refractivity contribution in [2.75, 3.05) is 24.9 Å². The summed E-state index contributed by atoms with van der Waals surface area (Å²) in [4.78, 5) is 32.0. The van der Waals surface area contributed by atoms with Gasteiger partial charge in [-0.1, -0.05) is 35.3 Å². The first kappa shape index (κ1) is 24.4. The van der Waals surface area contributed by atoms with E-state index in [0.717, 1.165) is 5.56 Å². The number of para-hydroxylation sites is 1. The molecular formula is C25H22Cl2N4O4. The number of anilines is 3. The summed E-state index contributed by atoms with van der Waals surface area (Å²) in [5.41, 5.74) is 2.61. The zero-order valence-electron chi connectivity index (χ0n) is 19.4. The lowest BCUT2D eigenvalue weighted by Crippen LogP contribution is -2.10. The van der Waals surface area contributed by atoms with Gasteiger partial charge in [0.05, 0.1) is 46.7 Å². The standard InChI is InChI=1S/C25H22Cl2N4O4/c1-12-6-5-7-16(29-13(2)32)24(12)31-20-9-15-14(11-28-20)8-17(30-25(15)33)21-22(26)18(34-3)10-19(35-4)23(21)27/h5-11H,1-4H3,(H,28,31)(H,29,32)(H,30,33). The number of amides is 1. The van der Waals surface area contributed by atoms with Gasteiger partial charge in [0, 0.05) is 30.1 Å². The van der Waals surface area contributed by atoms with E-state index in [4.69, 9.17) is 32.7 Å². The van der Waals surface area contributed by atoms with E-state index in [0.29, 0.717) is 50.7 Å². The SMILES string of the molecule is COc1cc(OC)c(Cl)c(-c2cc3cnc(Nc4c(C)cccc4NC(C)=O)cc3c(=O)[nH]2)c1Cl. The number of carbonyl (C=O) groups is 1. The molecule has 180 valence electrons. The van der Waals surface area contributed by atoms with Gasteiger partial charge in [-0.15, -0.1) is 0 Å². The van der Waals surface area contributed by atoms with Gasteiger partial charge in [-0.25, -0.2) is 4.98 Å². The largest absolute Gasteiger partial charge is 0.495 e. The molecule has 0 bridgehead atoms. The van der Waals surface area contributed by atoms with Crippen LogP contribution in [0.1, 0.15) is 12.5 Å². The maximum absolute atomic E-state index is 13.1. The Balaban J connectivity index is 1.80. The Kier molecular flexibility index (Phi) is 6.86. The van der Waals surface area contributed by atoms with Crippen molar-refractivity contribution < 1.29 is 14.3 Å². The minimum absolute atomic E-state index is 0.194. The fraction of sp³-hybridized carbons (Fsp3) is 0.160. The molecule has 0 aliphatic heterocycles. The lowest BCUT2D eigenvalue weighted by molar-refractivity contribution is -0.114. The Morgan fingerprint density at radius 3 is 2.37 bits per heavy atom. The van der Waals surface area contributed by atoms with E-state index in [9.17, 15) is 9.59 Å². The third-order valence-electron chi connectivity index (χ3n) is 5.41. The lowest BCUT2D eigenvalue weighted by Gasteiger charge is -2.16. The Hall–Kier alpha value is -3.75. The van der Waals surface area contributed by atoms with Crippen molar-refractivity contribution in [1.82, 2.24) is 9.97 Å². The smallest absolute Gasteiger partial charge is 0.256 e. The molecule has 4 aromatic rings. The molecule has 10 heteroatoms. The second-order valence-electron chi connectivity index (χ2n) is 7.76. The average Bonchev–Trinajstić information content (AvgIpc) is 2.81. The second kappa shape index (κ2) is 9.85. The molecule has 0 unspecified atom stereocenters. The summed E-state index contributed by atoms with van der Waals surface area (Å²) >= 11 is 13.0. The van der Waals surface area contributed by atoms with Crippen molar-refractivity contribution in [3.63, 3.8) is 0 Å². The second-order valence-corrected chi connectivity index (χ2v) is 8.51. The number of aryl methyl sites for hydroxylation is 1. The first-order valence-electron chi connectivity index (χ1n) is 10.5. The van der Waals surface area contributed by atoms with Gasteiger partial charge in [0.25, 0.3) is 5.56 Å². The summed E-state index contributed by atoms with van der Waals surface area (Å²) in [7, 11) is 2.96. The molecular weight excluding hydrogens is 491 g/mol. The summed E-state index contributed by atoms with van der Waals surface area (Å²) in [6.07, 6.45) is 1.58. The molecule has 8 nitrogen and oxygen atoms in total. The number of rotatable bonds is 6. The number of nitrogens with one attached hydrogen (secondary N) is 3. The number of aromatic amines is 1. The van der Waals surface area contributed by atoms with Gasteiger partial charge in [0.2, 0.25) is 5.91 Å². The van der Waals surface area contributed by atoms with E-state index in [1.807, 2.05) is 19.1 Å². The summed E-state index contributed by atoms with van der Waals surface area (Å²) in [6.45, 7) is 3.34. The van der Waals surface area contributed by atoms with E-state index in [1.54, 1.807) is 30.5 Å². The van der Waals surface area contributed by atoms with Crippen LogP contribution in [0.4, 0.5) is 17.2 Å². The number of aromatic nitrogens is 2. The van der Waals surface area contributed by atoms with Crippen LogP contribution in [-0.2, 0) is 4.79 Å². The highest BCUT2D eigenvalue weighted by Gasteiger charge is 2.20. The minimum atomic E-state index is -0.358. The maximum atomic E-state index is 13.1. The van der Waals surface area contributed by atoms with E-state index in [-0.39, 0.29) is 21.5 Å². The molecule has 0 radical (unpaired) electrons. The zero-order valence-corrected chi connectivity index (χ0v) is 20.9. The van der Waals surface area contributed by atoms with Crippen molar-refractivity contribution in [2.24, 2.45) is 0 Å². The van der Waals surface area contributed by atoms with Gasteiger partial charge in [-0.05, 0) is 30.7 Å². The minimum Gasteiger partial charge on any atom is -0.495 e. The van der Waals surface area contributed by atoms with Gasteiger partial charge in [0.15, 0.2) is 0 Å². The molecule has 35 heavy (non-hydrogen) atoms. The molecule has 0 fully saturated rings. The third kappa shape index (κ3) is 4.76. The highest BCUT2D eigenvalue weighted by Crippen LogP contribution is 2.45. The molecule has 2 aromatic heterocycles. The fourth-order valence-corrected chi connectivity index (χ4v) is 4.44. The quantitative estimate of drug-likeness (QED) is 0.296. The van der Waals surface area contributed by atoms with Crippen molar-refractivity contribution in [3.8, 4) is 22.8 Å². The summed E-state index contributed by atoms with van der Waals surface area (Å²) in [5.74, 6) is 0.959. The van der Waals surface area contributed by atoms with Crippen LogP contribution < -0.4 is 25.7 Å². The van der Waals surface area contributed by atoms with E-state index >= 15 is 0 Å². The summed E-state index contributed by atoms with van der Waals surface area (Å²) < 4.78 is 10.7. The van der Waals surface area contributed by atoms with Crippen LogP contribution in [0, 0.1) is 6.92 Å². The highest BCUT2D eigenvalue weighted by molar-refractivity contribution is 6.41. The fourth-order valence-electron chi connectivity index (χ4n) is 3.74. The van der Waals surface area contributed by atoms with Gasteiger partial charge < -0.3 is 25.1 Å². The summed E-state index contributed by atoms with van der Waals surface area (Å²) in [5, 5.41) is 7.47. The molecule has 0 saturated carbocycles. The number of ether oxygens (including phenoxy) is 2. The van der Waals surface area contributed by atoms with Crippen molar-refractivity contribution in [3.05, 3.63) is 68.6 Å². The normalized spacial score (nSPS) is 10.8. The van der Waals surface area contributed by atoms with Crippen LogP contribution in [0.25, 0.3) is 22.0 Å². The Morgan fingerprint density at radius 1 is 1.06 bits per heavy atom. The number of halogens is 2. The van der Waals surface area contributed by atoms with E-state index < -0.39 is 0 Å². The van der Waals surface area contributed by atoms with E-state index in [1.165, 1.54) is 21.1 Å². The molecule has 0 aliphatic rings. The molecule has 0 saturated heterocycles. The van der Waals surface area contributed by atoms with Gasteiger partial charge in [-0.3, -0.25) is 9.59 Å². The van der Waals surface area contributed by atoms with Gasteiger partial charge >= 0.3 is 0 Å². The van der Waals surface area contributed by atoms with Gasteiger partial charge in [-0.2, -0.15) is 0 Å². The van der Waals surface area contributed by atoms with Crippen molar-refractivity contribution in [2.45, 2.75) is 13.8 Å². The average molecular weight is 513 g/mol. The first-order valence-corrected chi connectivity index (χ1v) is 11.3. The number of benzene rings is 2. The maximum Gasteiger partial charge on any atom is 0.256 e. The molecule has 0 atom stereocenters. The highest BCUT2D eigenvalue weighted by atomic mass is 35.5. The molecule has 0 aliphatic carbocycles. The van der Waals surface area contributed by atoms with Crippen LogP contribution in [0.3, 0.4) is 0 Å². The lowest BCUT2D eigenvalue weighted by atomic mass is 10.1. The number of nitrogens with zero attached hydrogens (tertiary/aromatic N) is 1. The van der Waals surface area contributed by atoms with Crippen LogP contribution in [0.5, 0.6) is 11.5 Å².